The van der Waals surface area contributed by atoms with Gasteiger partial charge in [-0.15, -0.1) is 0 Å². The number of anilines is 2. The number of nitrogens with zero attached hydrogens (tertiary/aromatic N) is 2. The van der Waals surface area contributed by atoms with Crippen LogP contribution in [-0.4, -0.2) is 90.2 Å². The van der Waals surface area contributed by atoms with Crippen molar-refractivity contribution in [3.63, 3.8) is 0 Å². The van der Waals surface area contributed by atoms with Crippen molar-refractivity contribution in [2.75, 3.05) is 36.2 Å². The smallest absolute Gasteiger partial charge is 0.338 e. The molecule has 0 aliphatic carbocycles. The molecule has 14 heteroatoms. The van der Waals surface area contributed by atoms with E-state index in [1.54, 1.807) is 13.8 Å². The summed E-state index contributed by atoms with van der Waals surface area (Å²) in [6.07, 6.45) is 3.32. The van der Waals surface area contributed by atoms with Crippen LogP contribution in [-0.2, 0) is 38.1 Å². The van der Waals surface area contributed by atoms with Crippen molar-refractivity contribution < 1.29 is 57.9 Å². The molecule has 2 atom stereocenters. The maximum Gasteiger partial charge on any atom is 0.338 e. The minimum Gasteiger partial charge on any atom is -0.459 e. The van der Waals surface area contributed by atoms with Gasteiger partial charge in [-0.3, -0.25) is 19.2 Å². The number of carbonyl (C=O) groups excluding carboxylic acids is 6. The Labute approximate surface area is 257 Å². The monoisotopic (exact) mass is 622 g/mol. The molecule has 45 heavy (non-hydrogen) atoms. The van der Waals surface area contributed by atoms with Gasteiger partial charge in [-0.25, -0.2) is 19.4 Å². The number of hydrogen-bond donors (Lipinski definition) is 2. The lowest BCUT2D eigenvalue weighted by Crippen LogP contribution is -2.29. The summed E-state index contributed by atoms with van der Waals surface area (Å²) in [7, 11) is 0. The van der Waals surface area contributed by atoms with E-state index < -0.39 is 54.1 Å². The number of rotatable bonds is 9. The van der Waals surface area contributed by atoms with Crippen LogP contribution in [0.5, 0.6) is 0 Å². The van der Waals surface area contributed by atoms with E-state index in [9.17, 15) is 28.8 Å². The molecule has 4 amide bonds. The highest BCUT2D eigenvalue weighted by atomic mass is 16.7. The highest BCUT2D eigenvalue weighted by molar-refractivity contribution is 6.28. The third-order valence-corrected chi connectivity index (χ3v) is 6.43. The Hall–Kier alpha value is -5.02. The van der Waals surface area contributed by atoms with Crippen LogP contribution in [0.3, 0.4) is 0 Å². The molecule has 2 aromatic rings. The second kappa shape index (κ2) is 14.2. The number of carbonyl (C=O) groups is 6. The van der Waals surface area contributed by atoms with Crippen LogP contribution in [0.15, 0.2) is 72.8 Å². The molecule has 3 aliphatic rings. The highest BCUT2D eigenvalue weighted by Crippen LogP contribution is 2.24. The zero-order chi connectivity index (χ0) is 32.7. The summed E-state index contributed by atoms with van der Waals surface area (Å²) in [5, 5.41) is 17.7. The molecule has 2 aromatic carbocycles. The minimum atomic E-state index is -1.13. The van der Waals surface area contributed by atoms with Gasteiger partial charge in [-0.2, -0.15) is 0 Å². The van der Waals surface area contributed by atoms with E-state index in [-0.39, 0.29) is 24.9 Å². The van der Waals surface area contributed by atoms with Crippen molar-refractivity contribution in [2.45, 2.75) is 31.8 Å². The Balaban J connectivity index is 0.000000207. The maximum absolute atomic E-state index is 12.0. The molecule has 0 bridgehead atoms. The third kappa shape index (κ3) is 8.33. The largest absolute Gasteiger partial charge is 0.459 e. The van der Waals surface area contributed by atoms with E-state index in [0.29, 0.717) is 23.5 Å². The number of aliphatic hydroxyl groups excluding tert-OH is 2. The van der Waals surface area contributed by atoms with E-state index in [1.807, 2.05) is 0 Å². The molecule has 2 N–H and O–H groups in total. The second-order valence-electron chi connectivity index (χ2n) is 10.3. The molecule has 0 saturated carbocycles. The van der Waals surface area contributed by atoms with Gasteiger partial charge in [0, 0.05) is 24.3 Å². The van der Waals surface area contributed by atoms with Gasteiger partial charge in [-0.05, 0) is 62.4 Å². The molecule has 3 aliphatic heterocycles. The van der Waals surface area contributed by atoms with E-state index in [0.717, 1.165) is 9.80 Å². The Bertz CT molecular complexity index is 1490. The van der Waals surface area contributed by atoms with E-state index in [2.05, 4.69) is 0 Å². The molecular weight excluding hydrogens is 592 g/mol. The Morgan fingerprint density at radius 1 is 0.800 bits per heavy atom. The van der Waals surface area contributed by atoms with Crippen molar-refractivity contribution in [3.05, 3.63) is 84.0 Å². The van der Waals surface area contributed by atoms with Crippen molar-refractivity contribution in [1.82, 2.24) is 0 Å². The minimum absolute atomic E-state index is 0.0943. The quantitative estimate of drug-likeness (QED) is 0.300. The molecular formula is C31H30N2O12. The third-order valence-electron chi connectivity index (χ3n) is 6.43. The summed E-state index contributed by atoms with van der Waals surface area (Å²) < 4.78 is 20.9. The molecule has 14 nitrogen and oxygen atoms in total. The average Bonchev–Trinajstić information content (AvgIpc) is 3.68. The van der Waals surface area contributed by atoms with Gasteiger partial charge in [-0.1, -0.05) is 0 Å². The first-order chi connectivity index (χ1) is 21.4. The number of amides is 4. The topological polar surface area (TPSA) is 186 Å². The number of ether oxygens (including phenoxy) is 4. The lowest BCUT2D eigenvalue weighted by atomic mass is 10.2. The van der Waals surface area contributed by atoms with Gasteiger partial charge in [0.05, 0.1) is 35.7 Å². The van der Waals surface area contributed by atoms with Crippen LogP contribution < -0.4 is 9.80 Å². The lowest BCUT2D eigenvalue weighted by Gasteiger charge is -2.17. The second-order valence-corrected chi connectivity index (χ2v) is 10.3. The van der Waals surface area contributed by atoms with Crippen molar-refractivity contribution in [1.29, 1.82) is 0 Å². The standard InChI is InChI=1S/C17H17NO6.C14H13NO6/c1-17(2)23-10-13(24-17)9-22-16(21)11-3-5-12(6-4-11)18-14(19)7-8-15(18)20;16-7-11(17)8-21-14(20)9-1-3-10(4-2-9)15-12(18)5-6-13(15)19/h3-8,13H,9-10H2,1-2H3;1-6,11,16-17H,7-8H2. The predicted molar refractivity (Wildman–Crippen MR) is 155 cm³/mol. The summed E-state index contributed by atoms with van der Waals surface area (Å²) in [6.45, 7) is 3.23. The van der Waals surface area contributed by atoms with Crippen molar-refractivity contribution in [2.24, 2.45) is 0 Å². The molecule has 0 aromatic heterocycles. The van der Waals surface area contributed by atoms with Gasteiger partial charge in [0.1, 0.15) is 25.4 Å². The van der Waals surface area contributed by atoms with Crippen LogP contribution in [0.25, 0.3) is 0 Å². The van der Waals surface area contributed by atoms with Gasteiger partial charge in [0.25, 0.3) is 23.6 Å². The van der Waals surface area contributed by atoms with Crippen LogP contribution >= 0.6 is 0 Å². The van der Waals surface area contributed by atoms with Crippen molar-refractivity contribution >= 4 is 46.9 Å². The summed E-state index contributed by atoms with van der Waals surface area (Å²) in [4.78, 5) is 71.9. The number of benzene rings is 2. The Morgan fingerprint density at radius 2 is 1.22 bits per heavy atom. The van der Waals surface area contributed by atoms with Crippen LogP contribution in [0, 0.1) is 0 Å². The fraction of sp³-hybridized carbons (Fsp3) is 0.290. The molecule has 3 heterocycles. The molecule has 1 fully saturated rings. The zero-order valence-electron chi connectivity index (χ0n) is 24.3. The molecule has 2 unspecified atom stereocenters. The van der Waals surface area contributed by atoms with Gasteiger partial charge in [0.15, 0.2) is 5.79 Å². The maximum atomic E-state index is 12.0. The number of imide groups is 2. The van der Waals surface area contributed by atoms with Gasteiger partial charge >= 0.3 is 11.9 Å². The van der Waals surface area contributed by atoms with E-state index >= 15 is 0 Å². The first kappa shape index (κ1) is 32.9. The number of hydrogen-bond acceptors (Lipinski definition) is 12. The molecule has 5 rings (SSSR count). The summed E-state index contributed by atoms with van der Waals surface area (Å²) >= 11 is 0. The first-order valence-corrected chi connectivity index (χ1v) is 13.7. The number of aliphatic hydroxyl groups is 2. The molecule has 1 saturated heterocycles. The van der Waals surface area contributed by atoms with Gasteiger partial charge in [0.2, 0.25) is 0 Å². The average molecular weight is 623 g/mol. The van der Waals surface area contributed by atoms with Crippen LogP contribution in [0.2, 0.25) is 0 Å². The molecule has 0 spiro atoms. The molecule has 236 valence electrons. The van der Waals surface area contributed by atoms with Crippen molar-refractivity contribution in [3.8, 4) is 0 Å². The van der Waals surface area contributed by atoms with Crippen LogP contribution in [0.1, 0.15) is 34.6 Å². The highest BCUT2D eigenvalue weighted by Gasteiger charge is 2.33. The summed E-state index contributed by atoms with van der Waals surface area (Å²) in [6, 6.07) is 11.8. The summed E-state index contributed by atoms with van der Waals surface area (Å²) in [5.74, 6) is -3.55. The number of esters is 2. The summed E-state index contributed by atoms with van der Waals surface area (Å²) in [5.41, 5.74) is 1.28. The first-order valence-electron chi connectivity index (χ1n) is 13.7. The Kier molecular flexibility index (Phi) is 10.4. The van der Waals surface area contributed by atoms with Crippen LogP contribution in [0.4, 0.5) is 11.4 Å². The zero-order valence-corrected chi connectivity index (χ0v) is 24.3. The van der Waals surface area contributed by atoms with E-state index in [1.165, 1.54) is 72.8 Å². The van der Waals surface area contributed by atoms with Gasteiger partial charge < -0.3 is 29.2 Å². The van der Waals surface area contributed by atoms with E-state index in [4.69, 9.17) is 29.2 Å². The normalized spacial score (nSPS) is 19.1. The SMILES string of the molecule is CC1(C)OCC(COC(=O)c2ccc(N3C(=O)C=CC3=O)cc2)O1.O=C(OCC(O)CO)c1ccc(N2C(=O)C=CC2=O)cc1. The fourth-order valence-electron chi connectivity index (χ4n) is 4.21. The Morgan fingerprint density at radius 3 is 1.60 bits per heavy atom. The fourth-order valence-corrected chi connectivity index (χ4v) is 4.21. The molecule has 0 radical (unpaired) electrons. The lowest BCUT2D eigenvalue weighted by molar-refractivity contribution is -0.142. The predicted octanol–water partition coefficient (Wildman–Crippen LogP) is 1.05.